The molecule has 0 aliphatic heterocycles. The van der Waals surface area contributed by atoms with Gasteiger partial charge in [0.15, 0.2) is 0 Å². The van der Waals surface area contributed by atoms with Crippen LogP contribution in [0.1, 0.15) is 12.7 Å². The molecule has 0 saturated carbocycles. The first-order chi connectivity index (χ1) is 9.62. The highest BCUT2D eigenvalue weighted by Crippen LogP contribution is 2.10. The van der Waals surface area contributed by atoms with Crippen LogP contribution in [-0.2, 0) is 16.4 Å². The van der Waals surface area contributed by atoms with Gasteiger partial charge in [0.1, 0.15) is 16.5 Å². The van der Waals surface area contributed by atoms with Crippen LogP contribution in [0.15, 0.2) is 46.0 Å². The second-order valence-electron chi connectivity index (χ2n) is 4.14. The maximum atomic E-state index is 12.0. The van der Waals surface area contributed by atoms with Crippen molar-refractivity contribution < 1.29 is 12.8 Å². The zero-order chi connectivity index (χ0) is 14.4. The minimum atomic E-state index is -3.53. The number of furan rings is 1. The first-order valence-electron chi connectivity index (χ1n) is 6.34. The molecule has 2 aromatic heterocycles. The number of nitrogens with one attached hydrogen (secondary N) is 2. The summed E-state index contributed by atoms with van der Waals surface area (Å²) in [6.07, 6.45) is 3.41. The van der Waals surface area contributed by atoms with Gasteiger partial charge in [-0.05, 0) is 31.2 Å². The van der Waals surface area contributed by atoms with Crippen molar-refractivity contribution in [3.8, 4) is 0 Å². The lowest BCUT2D eigenvalue weighted by Gasteiger charge is -2.07. The third kappa shape index (κ3) is 3.82. The molecule has 0 atom stereocenters. The van der Waals surface area contributed by atoms with Crippen molar-refractivity contribution in [3.05, 3.63) is 42.5 Å². The number of hydrogen-bond acceptors (Lipinski definition) is 5. The van der Waals surface area contributed by atoms with Crippen molar-refractivity contribution in [1.29, 1.82) is 0 Å². The zero-order valence-electron chi connectivity index (χ0n) is 11.2. The molecular weight excluding hydrogens is 278 g/mol. The summed E-state index contributed by atoms with van der Waals surface area (Å²) in [4.78, 5) is 4.20. The first kappa shape index (κ1) is 14.5. The Hall–Kier alpha value is -1.86. The fraction of sp³-hybridized carbons (Fsp3) is 0.308. The van der Waals surface area contributed by atoms with Crippen LogP contribution in [0.4, 0.5) is 5.82 Å². The monoisotopic (exact) mass is 295 g/mol. The fourth-order valence-electron chi connectivity index (χ4n) is 1.67. The minimum Gasteiger partial charge on any atom is -0.469 e. The quantitative estimate of drug-likeness (QED) is 0.811. The average Bonchev–Trinajstić information content (AvgIpc) is 2.93. The van der Waals surface area contributed by atoms with Crippen LogP contribution >= 0.6 is 0 Å². The third-order valence-corrected chi connectivity index (χ3v) is 4.09. The van der Waals surface area contributed by atoms with Crippen molar-refractivity contribution in [3.63, 3.8) is 0 Å². The van der Waals surface area contributed by atoms with Crippen molar-refractivity contribution in [2.75, 3.05) is 18.4 Å². The molecule has 0 unspecified atom stereocenters. The lowest BCUT2D eigenvalue weighted by molar-refractivity contribution is 0.506. The Balaban J connectivity index is 1.95. The molecule has 0 aliphatic rings. The SMILES string of the molecule is CCNc1ccc(S(=O)(=O)NCCc2ccco2)cn1. The molecule has 0 amide bonds. The summed E-state index contributed by atoms with van der Waals surface area (Å²) in [6.45, 7) is 2.97. The van der Waals surface area contributed by atoms with Crippen LogP contribution in [-0.4, -0.2) is 26.5 Å². The van der Waals surface area contributed by atoms with E-state index in [0.29, 0.717) is 12.2 Å². The average molecular weight is 295 g/mol. The molecule has 2 heterocycles. The number of anilines is 1. The van der Waals surface area contributed by atoms with E-state index < -0.39 is 10.0 Å². The Morgan fingerprint density at radius 3 is 2.75 bits per heavy atom. The molecular formula is C13H17N3O3S. The number of pyridine rings is 1. The minimum absolute atomic E-state index is 0.151. The molecule has 2 aromatic rings. The molecule has 0 aromatic carbocycles. The molecule has 0 aliphatic carbocycles. The number of nitrogens with zero attached hydrogens (tertiary/aromatic N) is 1. The van der Waals surface area contributed by atoms with Crippen molar-refractivity contribution >= 4 is 15.8 Å². The Kier molecular flexibility index (Phi) is 4.75. The lowest BCUT2D eigenvalue weighted by atomic mass is 10.3. The van der Waals surface area contributed by atoms with Gasteiger partial charge < -0.3 is 9.73 Å². The number of aromatic nitrogens is 1. The fourth-order valence-corrected chi connectivity index (χ4v) is 2.65. The highest BCUT2D eigenvalue weighted by Gasteiger charge is 2.14. The molecule has 0 bridgehead atoms. The van der Waals surface area contributed by atoms with E-state index in [9.17, 15) is 8.42 Å². The van der Waals surface area contributed by atoms with Crippen LogP contribution in [0, 0.1) is 0 Å². The molecule has 2 rings (SSSR count). The summed E-state index contributed by atoms with van der Waals surface area (Å²) in [5, 5.41) is 3.01. The topological polar surface area (TPSA) is 84.2 Å². The van der Waals surface area contributed by atoms with Gasteiger partial charge in [-0.15, -0.1) is 0 Å². The zero-order valence-corrected chi connectivity index (χ0v) is 12.0. The number of sulfonamides is 1. The van der Waals surface area contributed by atoms with E-state index >= 15 is 0 Å². The highest BCUT2D eigenvalue weighted by atomic mass is 32.2. The summed E-state index contributed by atoms with van der Waals surface area (Å²) in [5.74, 6) is 1.40. The maximum absolute atomic E-state index is 12.0. The summed E-state index contributed by atoms with van der Waals surface area (Å²) < 4.78 is 31.7. The molecule has 108 valence electrons. The number of hydrogen-bond donors (Lipinski definition) is 2. The molecule has 0 radical (unpaired) electrons. The lowest BCUT2D eigenvalue weighted by Crippen LogP contribution is -2.26. The third-order valence-electron chi connectivity index (χ3n) is 2.65. The second kappa shape index (κ2) is 6.53. The van der Waals surface area contributed by atoms with Gasteiger partial charge in [0.05, 0.1) is 6.26 Å². The van der Waals surface area contributed by atoms with Gasteiger partial charge in [-0.3, -0.25) is 0 Å². The van der Waals surface area contributed by atoms with E-state index in [1.54, 1.807) is 24.5 Å². The highest BCUT2D eigenvalue weighted by molar-refractivity contribution is 7.89. The summed E-state index contributed by atoms with van der Waals surface area (Å²) in [5.41, 5.74) is 0. The van der Waals surface area contributed by atoms with Crippen LogP contribution in [0.2, 0.25) is 0 Å². The van der Waals surface area contributed by atoms with Gasteiger partial charge in [-0.2, -0.15) is 0 Å². The standard InChI is InChI=1S/C13H17N3O3S/c1-2-14-13-6-5-12(10-15-13)20(17,18)16-8-7-11-4-3-9-19-11/h3-6,9-10,16H,2,7-8H2,1H3,(H,14,15). The maximum Gasteiger partial charge on any atom is 0.242 e. The Bertz CT molecular complexity index is 621. The van der Waals surface area contributed by atoms with E-state index in [1.165, 1.54) is 12.3 Å². The van der Waals surface area contributed by atoms with E-state index in [1.807, 2.05) is 6.92 Å². The van der Waals surface area contributed by atoms with Crippen LogP contribution < -0.4 is 10.0 Å². The van der Waals surface area contributed by atoms with Crippen LogP contribution in [0.25, 0.3) is 0 Å². The summed E-state index contributed by atoms with van der Waals surface area (Å²) in [7, 11) is -3.53. The number of rotatable bonds is 7. The molecule has 20 heavy (non-hydrogen) atoms. The Morgan fingerprint density at radius 2 is 2.15 bits per heavy atom. The largest absolute Gasteiger partial charge is 0.469 e. The Morgan fingerprint density at radius 1 is 1.30 bits per heavy atom. The van der Waals surface area contributed by atoms with Crippen molar-refractivity contribution in [1.82, 2.24) is 9.71 Å². The second-order valence-corrected chi connectivity index (χ2v) is 5.90. The van der Waals surface area contributed by atoms with Gasteiger partial charge in [0, 0.05) is 25.7 Å². The predicted octanol–water partition coefficient (Wildman–Crippen LogP) is 1.63. The molecule has 2 N–H and O–H groups in total. The Labute approximate surface area is 118 Å². The molecule has 6 nitrogen and oxygen atoms in total. The summed E-state index contributed by atoms with van der Waals surface area (Å²) in [6, 6.07) is 6.75. The van der Waals surface area contributed by atoms with E-state index in [2.05, 4.69) is 15.0 Å². The van der Waals surface area contributed by atoms with Gasteiger partial charge in [0.2, 0.25) is 10.0 Å². The van der Waals surface area contributed by atoms with E-state index in [-0.39, 0.29) is 11.4 Å². The normalized spacial score (nSPS) is 11.4. The smallest absolute Gasteiger partial charge is 0.242 e. The predicted molar refractivity (Wildman–Crippen MR) is 76.0 cm³/mol. The van der Waals surface area contributed by atoms with Crippen LogP contribution in [0.3, 0.4) is 0 Å². The van der Waals surface area contributed by atoms with Gasteiger partial charge in [-0.25, -0.2) is 18.1 Å². The van der Waals surface area contributed by atoms with Crippen molar-refractivity contribution in [2.24, 2.45) is 0 Å². The van der Waals surface area contributed by atoms with Gasteiger partial charge in [-0.1, -0.05) is 0 Å². The molecule has 0 saturated heterocycles. The molecule has 0 fully saturated rings. The van der Waals surface area contributed by atoms with Gasteiger partial charge >= 0.3 is 0 Å². The van der Waals surface area contributed by atoms with E-state index in [0.717, 1.165) is 12.3 Å². The van der Waals surface area contributed by atoms with Gasteiger partial charge in [0.25, 0.3) is 0 Å². The van der Waals surface area contributed by atoms with Crippen molar-refractivity contribution in [2.45, 2.75) is 18.2 Å². The van der Waals surface area contributed by atoms with E-state index in [4.69, 9.17) is 4.42 Å². The summed E-state index contributed by atoms with van der Waals surface area (Å²) >= 11 is 0. The molecule has 7 heteroatoms. The first-order valence-corrected chi connectivity index (χ1v) is 7.82. The molecule has 0 spiro atoms. The van der Waals surface area contributed by atoms with Crippen LogP contribution in [0.5, 0.6) is 0 Å².